The number of hydrogen-bond acceptors (Lipinski definition) is 3. The van der Waals surface area contributed by atoms with Gasteiger partial charge in [-0.1, -0.05) is 5.46 Å². The van der Waals surface area contributed by atoms with Crippen LogP contribution in [-0.4, -0.2) is 15.0 Å². The number of halogens is 1. The Labute approximate surface area is 70.9 Å². The summed E-state index contributed by atoms with van der Waals surface area (Å²) < 4.78 is 17.7. The van der Waals surface area contributed by atoms with Crippen LogP contribution in [0.25, 0.3) is 0 Å². The van der Waals surface area contributed by atoms with E-state index >= 15 is 0 Å². The monoisotopic (exact) mass is 166 g/mol. The van der Waals surface area contributed by atoms with Crippen LogP contribution < -0.4 is 21.7 Å². The molecule has 0 aromatic heterocycles. The fourth-order valence-corrected chi connectivity index (χ4v) is 0.858. The van der Waals surface area contributed by atoms with E-state index in [1.54, 1.807) is 0 Å². The van der Waals surface area contributed by atoms with Gasteiger partial charge in [-0.3, -0.25) is 0 Å². The molecular weight excluding hydrogens is 158 g/mol. The number of rotatable bonds is 1. The van der Waals surface area contributed by atoms with Crippen molar-refractivity contribution in [2.45, 2.75) is 0 Å². The van der Waals surface area contributed by atoms with E-state index in [1.807, 2.05) is 0 Å². The van der Waals surface area contributed by atoms with Gasteiger partial charge >= 0.3 is 0 Å². The average Bonchev–Trinajstić information content (AvgIpc) is 2.08. The van der Waals surface area contributed by atoms with Crippen molar-refractivity contribution in [2.24, 2.45) is 0 Å². The van der Waals surface area contributed by atoms with E-state index in [0.717, 1.165) is 0 Å². The van der Waals surface area contributed by atoms with Crippen molar-refractivity contribution in [2.75, 3.05) is 18.6 Å². The lowest BCUT2D eigenvalue weighted by atomic mass is 9.94. The second kappa shape index (κ2) is 2.93. The molecule has 0 saturated carbocycles. The SMILES string of the molecule is [B]c1cc(OC)c(N)c(N)c1F. The smallest absolute Gasteiger partial charge is 0.143 e. The Kier molecular flexibility index (Phi) is 2.12. The molecule has 0 aliphatic carbocycles. The second-order valence-electron chi connectivity index (χ2n) is 2.31. The van der Waals surface area contributed by atoms with Gasteiger partial charge in [0.15, 0.2) is 0 Å². The number of nitrogens with two attached hydrogens (primary N) is 2. The molecule has 1 aromatic carbocycles. The molecule has 4 N–H and O–H groups in total. The largest absolute Gasteiger partial charge is 0.495 e. The van der Waals surface area contributed by atoms with Crippen LogP contribution in [0.5, 0.6) is 5.75 Å². The summed E-state index contributed by atoms with van der Waals surface area (Å²) in [5, 5.41) is 0. The van der Waals surface area contributed by atoms with Crippen LogP contribution in [0.1, 0.15) is 0 Å². The zero-order valence-corrected chi connectivity index (χ0v) is 6.60. The first-order chi connectivity index (χ1) is 5.57. The molecule has 0 fully saturated rings. The molecule has 62 valence electrons. The van der Waals surface area contributed by atoms with Crippen molar-refractivity contribution in [3.8, 4) is 5.75 Å². The summed E-state index contributed by atoms with van der Waals surface area (Å²) in [5.41, 5.74) is 10.5. The Hall–Kier alpha value is -1.39. The average molecular weight is 166 g/mol. The van der Waals surface area contributed by atoms with E-state index in [0.29, 0.717) is 0 Å². The molecule has 1 aromatic rings. The lowest BCUT2D eigenvalue weighted by Crippen LogP contribution is -2.14. The molecule has 2 radical (unpaired) electrons. The van der Waals surface area contributed by atoms with Gasteiger partial charge in [0, 0.05) is 0 Å². The molecule has 0 amide bonds. The zero-order valence-electron chi connectivity index (χ0n) is 6.60. The first-order valence-electron chi connectivity index (χ1n) is 3.24. The quantitative estimate of drug-likeness (QED) is 0.448. The van der Waals surface area contributed by atoms with Gasteiger partial charge < -0.3 is 16.2 Å². The van der Waals surface area contributed by atoms with Crippen LogP contribution in [-0.2, 0) is 0 Å². The summed E-state index contributed by atoms with van der Waals surface area (Å²) in [6.45, 7) is 0. The Morgan fingerprint density at radius 2 is 2.00 bits per heavy atom. The minimum atomic E-state index is -0.701. The van der Waals surface area contributed by atoms with Crippen LogP contribution in [0.15, 0.2) is 6.07 Å². The molecule has 0 atom stereocenters. The molecule has 3 nitrogen and oxygen atoms in total. The molecule has 0 bridgehead atoms. The minimum Gasteiger partial charge on any atom is -0.495 e. The lowest BCUT2D eigenvalue weighted by Gasteiger charge is -2.09. The summed E-state index contributed by atoms with van der Waals surface area (Å²) in [7, 11) is 6.68. The molecule has 12 heavy (non-hydrogen) atoms. The molecule has 5 heteroatoms. The number of methoxy groups -OCH3 is 1. The van der Waals surface area contributed by atoms with Crippen molar-refractivity contribution < 1.29 is 9.13 Å². The summed E-state index contributed by atoms with van der Waals surface area (Å²) in [4.78, 5) is 0. The molecule has 0 aliphatic heterocycles. The van der Waals surface area contributed by atoms with Gasteiger partial charge in [-0.15, -0.1) is 0 Å². The Morgan fingerprint density at radius 3 is 2.50 bits per heavy atom. The summed E-state index contributed by atoms with van der Waals surface area (Å²) in [6, 6.07) is 1.29. The van der Waals surface area contributed by atoms with Crippen LogP contribution in [0.2, 0.25) is 0 Å². The third kappa shape index (κ3) is 1.18. The molecule has 0 spiro atoms. The van der Waals surface area contributed by atoms with Gasteiger partial charge in [0.2, 0.25) is 0 Å². The van der Waals surface area contributed by atoms with Gasteiger partial charge in [-0.25, -0.2) is 4.39 Å². The van der Waals surface area contributed by atoms with Gasteiger partial charge in [0.1, 0.15) is 25.1 Å². The van der Waals surface area contributed by atoms with Crippen molar-refractivity contribution >= 4 is 24.7 Å². The van der Waals surface area contributed by atoms with Crippen LogP contribution in [0.4, 0.5) is 15.8 Å². The topological polar surface area (TPSA) is 61.3 Å². The normalized spacial score (nSPS) is 9.83. The molecular formula is C7H8BFN2O. The van der Waals surface area contributed by atoms with E-state index < -0.39 is 5.82 Å². The van der Waals surface area contributed by atoms with Gasteiger partial charge in [-0.2, -0.15) is 0 Å². The second-order valence-corrected chi connectivity index (χ2v) is 2.31. The molecule has 0 aliphatic rings. The predicted molar refractivity (Wildman–Crippen MR) is 47.2 cm³/mol. The molecule has 1 rings (SSSR count). The number of benzene rings is 1. The van der Waals surface area contributed by atoms with Crippen molar-refractivity contribution in [3.63, 3.8) is 0 Å². The maximum absolute atomic E-state index is 12.9. The number of anilines is 2. The zero-order chi connectivity index (χ0) is 9.30. The van der Waals surface area contributed by atoms with E-state index in [1.165, 1.54) is 13.2 Å². The lowest BCUT2D eigenvalue weighted by molar-refractivity contribution is 0.417. The highest BCUT2D eigenvalue weighted by molar-refractivity contribution is 6.33. The Morgan fingerprint density at radius 1 is 1.42 bits per heavy atom. The third-order valence-corrected chi connectivity index (χ3v) is 1.55. The van der Waals surface area contributed by atoms with Crippen LogP contribution >= 0.6 is 0 Å². The van der Waals surface area contributed by atoms with Crippen molar-refractivity contribution in [1.82, 2.24) is 0 Å². The summed E-state index contributed by atoms with van der Waals surface area (Å²) in [6.07, 6.45) is 0. The highest BCUT2D eigenvalue weighted by atomic mass is 19.1. The van der Waals surface area contributed by atoms with E-state index in [2.05, 4.69) is 0 Å². The fourth-order valence-electron chi connectivity index (χ4n) is 0.858. The summed E-state index contributed by atoms with van der Waals surface area (Å²) >= 11 is 0. The van der Waals surface area contributed by atoms with Crippen molar-refractivity contribution in [1.29, 1.82) is 0 Å². The fraction of sp³-hybridized carbons (Fsp3) is 0.143. The highest BCUT2D eigenvalue weighted by Gasteiger charge is 2.10. The van der Waals surface area contributed by atoms with Gasteiger partial charge in [0.25, 0.3) is 0 Å². The standard InChI is InChI=1S/C7H8BFN2O/c1-12-4-2-3(8)5(9)7(11)6(4)10/h2H,10-11H2,1H3. The van der Waals surface area contributed by atoms with Gasteiger partial charge in [-0.05, 0) is 6.07 Å². The first kappa shape index (κ1) is 8.71. The molecule has 0 heterocycles. The third-order valence-electron chi connectivity index (χ3n) is 1.55. The van der Waals surface area contributed by atoms with E-state index in [-0.39, 0.29) is 22.6 Å². The van der Waals surface area contributed by atoms with Crippen molar-refractivity contribution in [3.05, 3.63) is 11.9 Å². The van der Waals surface area contributed by atoms with Crippen LogP contribution in [0.3, 0.4) is 0 Å². The highest BCUT2D eigenvalue weighted by Crippen LogP contribution is 2.27. The maximum atomic E-state index is 12.9. The number of hydrogen-bond donors (Lipinski definition) is 2. The van der Waals surface area contributed by atoms with E-state index in [9.17, 15) is 4.39 Å². The predicted octanol–water partition coefficient (Wildman–Crippen LogP) is -0.207. The number of ether oxygens (including phenoxy) is 1. The Balaban J connectivity index is 3.39. The number of nitrogen functional groups attached to an aromatic ring is 2. The van der Waals surface area contributed by atoms with Gasteiger partial charge in [0.05, 0.1) is 12.8 Å². The Bertz CT molecular complexity index is 317. The molecule has 0 unspecified atom stereocenters. The summed E-state index contributed by atoms with van der Waals surface area (Å²) in [5.74, 6) is -0.417. The van der Waals surface area contributed by atoms with Crippen LogP contribution in [0, 0.1) is 5.82 Å². The maximum Gasteiger partial charge on any atom is 0.143 e. The molecule has 0 saturated heterocycles. The van der Waals surface area contributed by atoms with E-state index in [4.69, 9.17) is 24.1 Å². The first-order valence-corrected chi connectivity index (χ1v) is 3.24. The minimum absolute atomic E-state index is 0.0708.